The van der Waals surface area contributed by atoms with Gasteiger partial charge in [0.25, 0.3) is 0 Å². The van der Waals surface area contributed by atoms with Crippen molar-refractivity contribution in [2.45, 2.75) is 13.3 Å². The number of piperidine rings is 1. The Labute approximate surface area is 87.7 Å². The molecule has 3 heteroatoms. The number of carbonyl (C=O) groups is 2. The summed E-state index contributed by atoms with van der Waals surface area (Å²) >= 11 is 0. The summed E-state index contributed by atoms with van der Waals surface area (Å²) < 4.78 is 0. The average Bonchev–Trinajstić information content (AvgIpc) is 2.89. The van der Waals surface area contributed by atoms with Crippen molar-refractivity contribution in [3.05, 3.63) is 30.3 Å². The zero-order valence-electron chi connectivity index (χ0n) is 8.43. The van der Waals surface area contributed by atoms with E-state index >= 15 is 0 Å². The van der Waals surface area contributed by atoms with Crippen LogP contribution >= 0.6 is 0 Å². The molecule has 76 valence electrons. The van der Waals surface area contributed by atoms with E-state index in [2.05, 4.69) is 0 Å². The molecule has 0 spiro atoms. The monoisotopic (exact) mass is 201 g/mol. The first kappa shape index (κ1) is 8.65. The summed E-state index contributed by atoms with van der Waals surface area (Å²) in [6.07, 6.45) is 0.730. The summed E-state index contributed by atoms with van der Waals surface area (Å²) in [5.41, 5.74) is 0.299. The Morgan fingerprint density at radius 1 is 1.27 bits per heavy atom. The van der Waals surface area contributed by atoms with Gasteiger partial charge in [0, 0.05) is 0 Å². The molecule has 0 radical (unpaired) electrons. The van der Waals surface area contributed by atoms with Crippen molar-refractivity contribution < 1.29 is 9.59 Å². The van der Waals surface area contributed by atoms with Crippen LogP contribution in [0, 0.1) is 11.3 Å². The summed E-state index contributed by atoms with van der Waals surface area (Å²) in [4.78, 5) is 25.2. The van der Waals surface area contributed by atoms with Crippen molar-refractivity contribution in [3.8, 4) is 0 Å². The van der Waals surface area contributed by atoms with Crippen molar-refractivity contribution in [2.24, 2.45) is 11.3 Å². The fourth-order valence-corrected chi connectivity index (χ4v) is 2.29. The van der Waals surface area contributed by atoms with E-state index in [4.69, 9.17) is 0 Å². The lowest BCUT2D eigenvalue weighted by Gasteiger charge is -2.17. The van der Waals surface area contributed by atoms with Crippen LogP contribution in [0.4, 0.5) is 5.69 Å². The second-order valence-corrected chi connectivity index (χ2v) is 4.49. The molecule has 2 aliphatic rings. The lowest BCUT2D eigenvalue weighted by Crippen LogP contribution is -2.34. The second-order valence-electron chi connectivity index (χ2n) is 4.49. The minimum atomic E-state index is -0.396. The fraction of sp³-hybridized carbons (Fsp3) is 0.333. The number of anilines is 1. The molecule has 1 heterocycles. The number of para-hydroxylation sites is 1. The van der Waals surface area contributed by atoms with E-state index < -0.39 is 5.41 Å². The van der Waals surface area contributed by atoms with Crippen LogP contribution in [0.25, 0.3) is 0 Å². The largest absolute Gasteiger partial charge is 0.274 e. The van der Waals surface area contributed by atoms with E-state index in [1.54, 1.807) is 12.1 Å². The Kier molecular flexibility index (Phi) is 1.43. The second kappa shape index (κ2) is 2.48. The van der Waals surface area contributed by atoms with Gasteiger partial charge in [-0.1, -0.05) is 18.2 Å². The summed E-state index contributed by atoms with van der Waals surface area (Å²) in [5, 5.41) is 0. The molecule has 1 saturated heterocycles. The predicted molar refractivity (Wildman–Crippen MR) is 55.1 cm³/mol. The number of hydrogen-bond donors (Lipinski definition) is 0. The van der Waals surface area contributed by atoms with Gasteiger partial charge < -0.3 is 0 Å². The highest BCUT2D eigenvalue weighted by molar-refractivity contribution is 6.26. The number of benzene rings is 1. The predicted octanol–water partition coefficient (Wildman–Crippen LogP) is 1.59. The zero-order chi connectivity index (χ0) is 10.6. The Morgan fingerprint density at radius 3 is 2.47 bits per heavy atom. The van der Waals surface area contributed by atoms with Crippen LogP contribution < -0.4 is 4.90 Å². The highest BCUT2D eigenvalue weighted by atomic mass is 16.2. The molecule has 1 aromatic carbocycles. The van der Waals surface area contributed by atoms with Gasteiger partial charge in [0.05, 0.1) is 17.0 Å². The van der Waals surface area contributed by atoms with Crippen LogP contribution in [0.1, 0.15) is 13.3 Å². The third-order valence-electron chi connectivity index (χ3n) is 3.46. The van der Waals surface area contributed by atoms with Crippen LogP contribution in [0.5, 0.6) is 0 Å². The molecule has 2 unspecified atom stereocenters. The molecule has 3 nitrogen and oxygen atoms in total. The van der Waals surface area contributed by atoms with E-state index in [-0.39, 0.29) is 17.7 Å². The van der Waals surface area contributed by atoms with E-state index in [1.165, 1.54) is 4.90 Å². The molecule has 2 atom stereocenters. The van der Waals surface area contributed by atoms with Gasteiger partial charge >= 0.3 is 0 Å². The summed E-state index contributed by atoms with van der Waals surface area (Å²) in [7, 11) is 0. The Hall–Kier alpha value is -1.64. The topological polar surface area (TPSA) is 37.4 Å². The molecule has 3 rings (SSSR count). The maximum absolute atomic E-state index is 12.0. The smallest absolute Gasteiger partial charge is 0.240 e. The number of amides is 2. The quantitative estimate of drug-likeness (QED) is 0.647. The molecule has 0 bridgehead atoms. The number of carbonyl (C=O) groups excluding carboxylic acids is 2. The van der Waals surface area contributed by atoms with Crippen LogP contribution in [0.2, 0.25) is 0 Å². The van der Waals surface area contributed by atoms with Crippen LogP contribution in [0.15, 0.2) is 30.3 Å². The lowest BCUT2D eigenvalue weighted by molar-refractivity contribution is -0.124. The van der Waals surface area contributed by atoms with Gasteiger partial charge in [0.1, 0.15) is 0 Å². The van der Waals surface area contributed by atoms with E-state index in [0.29, 0.717) is 5.69 Å². The molecule has 1 aliphatic carbocycles. The average molecular weight is 201 g/mol. The van der Waals surface area contributed by atoms with Crippen molar-refractivity contribution >= 4 is 17.5 Å². The Bertz CT molecular complexity index is 454. The molecule has 15 heavy (non-hydrogen) atoms. The lowest BCUT2D eigenvalue weighted by atomic mass is 10.1. The van der Waals surface area contributed by atoms with E-state index in [9.17, 15) is 9.59 Å². The Balaban J connectivity index is 2.03. The van der Waals surface area contributed by atoms with Crippen molar-refractivity contribution in [2.75, 3.05) is 4.90 Å². The van der Waals surface area contributed by atoms with Crippen molar-refractivity contribution in [1.29, 1.82) is 0 Å². The molecule has 2 amide bonds. The molecular weight excluding hydrogens is 190 g/mol. The number of hydrogen-bond acceptors (Lipinski definition) is 2. The van der Waals surface area contributed by atoms with Crippen molar-refractivity contribution in [1.82, 2.24) is 0 Å². The van der Waals surface area contributed by atoms with Gasteiger partial charge in [-0.25, -0.2) is 4.90 Å². The molecule has 1 aromatic rings. The highest BCUT2D eigenvalue weighted by Gasteiger charge is 2.68. The normalized spacial score (nSPS) is 33.1. The van der Waals surface area contributed by atoms with Crippen molar-refractivity contribution in [3.63, 3.8) is 0 Å². The summed E-state index contributed by atoms with van der Waals surface area (Å²) in [5.74, 6) is -0.136. The third-order valence-corrected chi connectivity index (χ3v) is 3.46. The van der Waals surface area contributed by atoms with Crippen LogP contribution in [0.3, 0.4) is 0 Å². The summed E-state index contributed by atoms with van der Waals surface area (Å²) in [6.45, 7) is 1.88. The molecule has 1 aliphatic heterocycles. The van der Waals surface area contributed by atoms with Crippen LogP contribution in [-0.4, -0.2) is 11.8 Å². The number of fused-ring (bicyclic) bond motifs is 1. The Morgan fingerprint density at radius 2 is 1.93 bits per heavy atom. The van der Waals surface area contributed by atoms with E-state index in [1.807, 2.05) is 25.1 Å². The standard InChI is InChI=1S/C12H11NO2/c1-12-7-9(12)10(14)13(11(12)15)8-5-3-2-4-6-8/h2-6,9H,7H2,1H3. The third kappa shape index (κ3) is 0.950. The maximum Gasteiger partial charge on any atom is 0.240 e. The minimum Gasteiger partial charge on any atom is -0.274 e. The van der Waals surface area contributed by atoms with Gasteiger partial charge in [0.2, 0.25) is 11.8 Å². The number of imide groups is 1. The summed E-state index contributed by atoms with van der Waals surface area (Å²) in [6, 6.07) is 9.13. The van der Waals surface area contributed by atoms with Gasteiger partial charge in [-0.3, -0.25) is 9.59 Å². The van der Waals surface area contributed by atoms with Gasteiger partial charge in [-0.2, -0.15) is 0 Å². The molecule has 1 saturated carbocycles. The van der Waals surface area contributed by atoms with Gasteiger partial charge in [0.15, 0.2) is 0 Å². The van der Waals surface area contributed by atoms with Gasteiger partial charge in [-0.05, 0) is 25.5 Å². The fourth-order valence-electron chi connectivity index (χ4n) is 2.29. The molecular formula is C12H11NO2. The first-order valence-electron chi connectivity index (χ1n) is 5.08. The van der Waals surface area contributed by atoms with Gasteiger partial charge in [-0.15, -0.1) is 0 Å². The molecule has 0 N–H and O–H groups in total. The molecule has 0 aromatic heterocycles. The number of rotatable bonds is 1. The SMILES string of the molecule is CC12CC1C(=O)N(c1ccccc1)C2=O. The maximum atomic E-state index is 12.0. The minimum absolute atomic E-state index is 0.0336. The van der Waals surface area contributed by atoms with Crippen LogP contribution in [-0.2, 0) is 9.59 Å². The highest BCUT2D eigenvalue weighted by Crippen LogP contribution is 2.59. The first-order valence-corrected chi connectivity index (χ1v) is 5.08. The first-order chi connectivity index (χ1) is 7.14. The zero-order valence-corrected chi connectivity index (χ0v) is 8.43. The number of nitrogens with zero attached hydrogens (tertiary/aromatic N) is 1. The molecule has 2 fully saturated rings. The van der Waals surface area contributed by atoms with E-state index in [0.717, 1.165) is 6.42 Å².